The molecule has 2 rings (SSSR count). The van der Waals surface area contributed by atoms with Crippen LogP contribution in [0, 0.1) is 0 Å². The van der Waals surface area contributed by atoms with E-state index in [1.54, 1.807) is 0 Å². The molecule has 2 aliphatic rings. The lowest BCUT2D eigenvalue weighted by Crippen LogP contribution is -1.93. The number of thioether (sulfide) groups is 2. The molecule has 0 nitrogen and oxygen atoms in total. The Morgan fingerprint density at radius 2 is 2.25 bits per heavy atom. The molecule has 0 aromatic rings. The molecule has 0 spiro atoms. The van der Waals surface area contributed by atoms with Crippen LogP contribution in [-0.4, -0.2) is 21.5 Å². The van der Waals surface area contributed by atoms with Crippen molar-refractivity contribution in [3.8, 4) is 0 Å². The van der Waals surface area contributed by atoms with Crippen LogP contribution in [0.4, 0.5) is 0 Å². The molecule has 46 valence electrons. The summed E-state index contributed by atoms with van der Waals surface area (Å²) in [4.78, 5) is 0. The Hall–Kier alpha value is 0.700. The molecular weight excluding hydrogens is 136 g/mol. The van der Waals surface area contributed by atoms with E-state index in [4.69, 9.17) is 0 Å². The monoisotopic (exact) mass is 146 g/mol. The van der Waals surface area contributed by atoms with Gasteiger partial charge in [0.25, 0.3) is 0 Å². The molecule has 3 atom stereocenters. The lowest BCUT2D eigenvalue weighted by molar-refractivity contribution is 0.844. The fraction of sp³-hybridized carbons (Fsp3) is 1.00. The summed E-state index contributed by atoms with van der Waals surface area (Å²) in [7, 11) is 0. The summed E-state index contributed by atoms with van der Waals surface area (Å²) in [5, 5.41) is 3.11. The highest BCUT2D eigenvalue weighted by Crippen LogP contribution is 2.48. The van der Waals surface area contributed by atoms with E-state index >= 15 is 0 Å². The second-order valence-corrected chi connectivity index (χ2v) is 5.53. The Balaban J connectivity index is 1.69. The van der Waals surface area contributed by atoms with Crippen molar-refractivity contribution in [1.82, 2.24) is 0 Å². The van der Waals surface area contributed by atoms with Crippen LogP contribution in [0.2, 0.25) is 0 Å². The highest BCUT2D eigenvalue weighted by molar-refractivity contribution is 8.08. The van der Waals surface area contributed by atoms with E-state index in [0.29, 0.717) is 0 Å². The fourth-order valence-electron chi connectivity index (χ4n) is 0.941. The van der Waals surface area contributed by atoms with E-state index in [-0.39, 0.29) is 0 Å². The van der Waals surface area contributed by atoms with Gasteiger partial charge < -0.3 is 0 Å². The molecule has 0 bridgehead atoms. The maximum absolute atomic E-state index is 2.34. The zero-order chi connectivity index (χ0) is 5.56. The van der Waals surface area contributed by atoms with Gasteiger partial charge in [0, 0.05) is 21.5 Å². The first-order valence-electron chi connectivity index (χ1n) is 3.13. The maximum Gasteiger partial charge on any atom is 0.0177 e. The van der Waals surface area contributed by atoms with E-state index in [1.165, 1.54) is 12.2 Å². The van der Waals surface area contributed by atoms with Crippen molar-refractivity contribution in [2.24, 2.45) is 0 Å². The van der Waals surface area contributed by atoms with E-state index in [0.717, 1.165) is 15.7 Å². The molecule has 0 N–H and O–H groups in total. The van der Waals surface area contributed by atoms with E-state index in [2.05, 4.69) is 30.4 Å². The first-order valence-corrected chi connectivity index (χ1v) is 5.12. The Kier molecular flexibility index (Phi) is 1.26. The summed E-state index contributed by atoms with van der Waals surface area (Å²) in [5.41, 5.74) is 0. The molecule has 0 aromatic carbocycles. The first-order chi connectivity index (χ1) is 3.86. The zero-order valence-electron chi connectivity index (χ0n) is 4.96. The molecular formula is C6H10S2. The molecule has 8 heavy (non-hydrogen) atoms. The minimum Gasteiger partial charge on any atom is -0.157 e. The summed E-state index contributed by atoms with van der Waals surface area (Å²) >= 11 is 4.27. The average Bonchev–Trinajstić information content (AvgIpc) is 2.52. The summed E-state index contributed by atoms with van der Waals surface area (Å²) in [6.07, 6.45) is 1.50. The lowest BCUT2D eigenvalue weighted by atomic mass is 10.2. The van der Waals surface area contributed by atoms with Crippen LogP contribution in [0.15, 0.2) is 0 Å². The Morgan fingerprint density at radius 1 is 1.62 bits per heavy atom. The third-order valence-electron chi connectivity index (χ3n) is 1.73. The summed E-state index contributed by atoms with van der Waals surface area (Å²) in [5.74, 6) is 1.45. The molecule has 0 aliphatic carbocycles. The van der Waals surface area contributed by atoms with E-state index in [1.807, 2.05) is 0 Å². The molecule has 2 saturated heterocycles. The van der Waals surface area contributed by atoms with Gasteiger partial charge in [0.1, 0.15) is 0 Å². The van der Waals surface area contributed by atoms with Gasteiger partial charge in [-0.15, -0.1) is 0 Å². The molecule has 2 aliphatic heterocycles. The van der Waals surface area contributed by atoms with Crippen LogP contribution >= 0.6 is 23.5 Å². The van der Waals surface area contributed by atoms with Gasteiger partial charge in [-0.05, 0) is 6.42 Å². The van der Waals surface area contributed by atoms with Crippen molar-refractivity contribution in [2.45, 2.75) is 29.1 Å². The van der Waals surface area contributed by atoms with Gasteiger partial charge in [-0.2, -0.15) is 23.5 Å². The van der Waals surface area contributed by atoms with Crippen molar-refractivity contribution in [2.75, 3.05) is 5.75 Å². The van der Waals surface area contributed by atoms with Gasteiger partial charge in [0.05, 0.1) is 0 Å². The van der Waals surface area contributed by atoms with Crippen LogP contribution < -0.4 is 0 Å². The number of hydrogen-bond acceptors (Lipinski definition) is 2. The molecule has 0 saturated carbocycles. The third-order valence-corrected chi connectivity index (χ3v) is 4.13. The van der Waals surface area contributed by atoms with Gasteiger partial charge in [-0.3, -0.25) is 0 Å². The number of hydrogen-bond donors (Lipinski definition) is 0. The Bertz CT molecular complexity index is 98.7. The minimum atomic E-state index is 0.996. The van der Waals surface area contributed by atoms with Crippen molar-refractivity contribution >= 4 is 23.5 Å². The summed E-state index contributed by atoms with van der Waals surface area (Å²) in [6.45, 7) is 2.34. The van der Waals surface area contributed by atoms with E-state index < -0.39 is 0 Å². The Morgan fingerprint density at radius 3 is 2.62 bits per heavy atom. The predicted molar refractivity (Wildman–Crippen MR) is 41.7 cm³/mol. The normalized spacial score (nSPS) is 51.4. The second-order valence-electron chi connectivity index (χ2n) is 2.57. The SMILES string of the molecule is CC1SC1CC1CS1. The zero-order valence-corrected chi connectivity index (χ0v) is 6.60. The van der Waals surface area contributed by atoms with Crippen LogP contribution in [0.1, 0.15) is 13.3 Å². The highest BCUT2D eigenvalue weighted by atomic mass is 32.2. The summed E-state index contributed by atoms with van der Waals surface area (Å²) < 4.78 is 0. The van der Waals surface area contributed by atoms with Gasteiger partial charge in [-0.25, -0.2) is 0 Å². The van der Waals surface area contributed by atoms with E-state index in [9.17, 15) is 0 Å². The minimum absolute atomic E-state index is 0.996. The van der Waals surface area contributed by atoms with Crippen molar-refractivity contribution in [3.05, 3.63) is 0 Å². The first kappa shape index (κ1) is 5.48. The largest absolute Gasteiger partial charge is 0.157 e. The van der Waals surface area contributed by atoms with Gasteiger partial charge in [0.2, 0.25) is 0 Å². The van der Waals surface area contributed by atoms with Crippen molar-refractivity contribution < 1.29 is 0 Å². The fourth-order valence-corrected chi connectivity index (χ4v) is 2.59. The van der Waals surface area contributed by atoms with Crippen LogP contribution in [-0.2, 0) is 0 Å². The Labute approximate surface area is 58.8 Å². The predicted octanol–water partition coefficient (Wildman–Crippen LogP) is 2.00. The lowest BCUT2D eigenvalue weighted by Gasteiger charge is -1.85. The standard InChI is InChI=1S/C6H10S2/c1-4-6(8-4)2-5-3-7-5/h4-6H,2-3H2,1H3. The maximum atomic E-state index is 2.34. The van der Waals surface area contributed by atoms with Crippen LogP contribution in [0.3, 0.4) is 0 Å². The molecule has 2 heteroatoms. The highest BCUT2D eigenvalue weighted by Gasteiger charge is 2.38. The molecule has 2 heterocycles. The average molecular weight is 146 g/mol. The molecule has 0 radical (unpaired) electrons. The van der Waals surface area contributed by atoms with Crippen LogP contribution in [0.5, 0.6) is 0 Å². The topological polar surface area (TPSA) is 0 Å². The van der Waals surface area contributed by atoms with Crippen molar-refractivity contribution in [1.29, 1.82) is 0 Å². The quantitative estimate of drug-likeness (QED) is 0.546. The summed E-state index contributed by atoms with van der Waals surface area (Å²) in [6, 6.07) is 0. The van der Waals surface area contributed by atoms with Gasteiger partial charge in [-0.1, -0.05) is 6.92 Å². The molecule has 3 unspecified atom stereocenters. The number of rotatable bonds is 2. The van der Waals surface area contributed by atoms with Gasteiger partial charge in [0.15, 0.2) is 0 Å². The smallest absolute Gasteiger partial charge is 0.0177 e. The van der Waals surface area contributed by atoms with Gasteiger partial charge >= 0.3 is 0 Å². The third kappa shape index (κ3) is 1.16. The van der Waals surface area contributed by atoms with Crippen molar-refractivity contribution in [3.63, 3.8) is 0 Å². The second kappa shape index (κ2) is 1.84. The molecule has 0 amide bonds. The molecule has 2 fully saturated rings. The van der Waals surface area contributed by atoms with Crippen LogP contribution in [0.25, 0.3) is 0 Å². The molecule has 0 aromatic heterocycles.